The van der Waals surface area contributed by atoms with Gasteiger partial charge in [0, 0.05) is 22.8 Å². The highest BCUT2D eigenvalue weighted by molar-refractivity contribution is 7.90. The van der Waals surface area contributed by atoms with E-state index in [1.54, 1.807) is 17.6 Å². The van der Waals surface area contributed by atoms with Gasteiger partial charge < -0.3 is 0 Å². The number of thiazole rings is 1. The molecule has 0 radical (unpaired) electrons. The minimum Gasteiger partial charge on any atom is -0.245 e. The van der Waals surface area contributed by atoms with Gasteiger partial charge in [-0.2, -0.15) is 18.3 Å². The Morgan fingerprint density at radius 2 is 1.74 bits per heavy atom. The van der Waals surface area contributed by atoms with Crippen molar-refractivity contribution in [3.63, 3.8) is 0 Å². The minimum atomic E-state index is -4.62. The van der Waals surface area contributed by atoms with Gasteiger partial charge in [-0.25, -0.2) is 18.1 Å². The van der Waals surface area contributed by atoms with Crippen LogP contribution in [0.4, 0.5) is 13.2 Å². The zero-order chi connectivity index (χ0) is 22.4. The Labute approximate surface area is 180 Å². The average Bonchev–Trinajstić information content (AvgIpc) is 3.37. The van der Waals surface area contributed by atoms with Crippen LogP contribution in [0.25, 0.3) is 28.2 Å². The van der Waals surface area contributed by atoms with Gasteiger partial charge in [-0.15, -0.1) is 11.3 Å². The molecule has 2 aromatic carbocycles. The van der Waals surface area contributed by atoms with Crippen LogP contribution in [-0.2, 0) is 16.0 Å². The standard InChI is InChI=1S/C21H16F3N3O2S2/c1-13-9-14(3-8-17(13)18-11-30-12-25-18)19-10-20(21(22,23)24)26-27(19)15-4-6-16(7-5-15)31(2,28)29/h3-12H,1-2H3. The van der Waals surface area contributed by atoms with Gasteiger partial charge in [-0.3, -0.25) is 0 Å². The molecule has 0 spiro atoms. The first-order valence-electron chi connectivity index (χ1n) is 9.01. The highest BCUT2D eigenvalue weighted by Crippen LogP contribution is 2.35. The van der Waals surface area contributed by atoms with Gasteiger partial charge in [0.25, 0.3) is 0 Å². The number of rotatable bonds is 4. The molecule has 0 aliphatic heterocycles. The van der Waals surface area contributed by atoms with E-state index in [4.69, 9.17) is 0 Å². The van der Waals surface area contributed by atoms with Crippen LogP contribution in [-0.4, -0.2) is 29.4 Å². The highest BCUT2D eigenvalue weighted by atomic mass is 32.2. The number of nitrogens with zero attached hydrogens (tertiary/aromatic N) is 3. The Balaban J connectivity index is 1.84. The fourth-order valence-corrected chi connectivity index (χ4v) is 4.40. The van der Waals surface area contributed by atoms with Crippen LogP contribution < -0.4 is 0 Å². The maximum absolute atomic E-state index is 13.4. The summed E-state index contributed by atoms with van der Waals surface area (Å²) in [5.74, 6) is 0. The lowest BCUT2D eigenvalue weighted by Gasteiger charge is -2.11. The number of sulfone groups is 1. The van der Waals surface area contributed by atoms with E-state index in [1.807, 2.05) is 18.4 Å². The summed E-state index contributed by atoms with van der Waals surface area (Å²) in [4.78, 5) is 4.36. The SMILES string of the molecule is Cc1cc(-c2cc(C(F)(F)F)nn2-c2ccc(S(C)(=O)=O)cc2)ccc1-c1cscn1. The van der Waals surface area contributed by atoms with Crippen molar-refractivity contribution in [1.82, 2.24) is 14.8 Å². The van der Waals surface area contributed by atoms with Gasteiger partial charge in [0.1, 0.15) is 0 Å². The van der Waals surface area contributed by atoms with Crippen LogP contribution in [0.3, 0.4) is 0 Å². The summed E-state index contributed by atoms with van der Waals surface area (Å²) in [6.07, 6.45) is -3.56. The monoisotopic (exact) mass is 463 g/mol. The van der Waals surface area contributed by atoms with Crippen LogP contribution in [0.2, 0.25) is 0 Å². The Morgan fingerprint density at radius 1 is 1.03 bits per heavy atom. The van der Waals surface area contributed by atoms with Crippen molar-refractivity contribution >= 4 is 21.2 Å². The molecule has 0 saturated heterocycles. The number of hydrogen-bond donors (Lipinski definition) is 0. The largest absolute Gasteiger partial charge is 0.435 e. The topological polar surface area (TPSA) is 64.8 Å². The van der Waals surface area contributed by atoms with Gasteiger partial charge in [0.05, 0.1) is 27.5 Å². The van der Waals surface area contributed by atoms with E-state index in [0.29, 0.717) is 11.3 Å². The molecule has 2 heterocycles. The number of alkyl halides is 3. The first-order chi connectivity index (χ1) is 14.5. The predicted octanol–water partition coefficient (Wildman–Crippen LogP) is 5.39. The van der Waals surface area contributed by atoms with Gasteiger partial charge in [0.2, 0.25) is 0 Å². The second-order valence-electron chi connectivity index (χ2n) is 6.99. The Morgan fingerprint density at radius 3 is 2.29 bits per heavy atom. The molecule has 5 nitrogen and oxygen atoms in total. The summed E-state index contributed by atoms with van der Waals surface area (Å²) in [6, 6.07) is 11.9. The van der Waals surface area contributed by atoms with Crippen LogP contribution >= 0.6 is 11.3 Å². The molecule has 10 heteroatoms. The van der Waals surface area contributed by atoms with E-state index in [1.165, 1.54) is 40.3 Å². The first-order valence-corrected chi connectivity index (χ1v) is 11.8. The number of aryl methyl sites for hydroxylation is 1. The van der Waals surface area contributed by atoms with Crippen molar-refractivity contribution in [1.29, 1.82) is 0 Å². The molecule has 0 amide bonds. The van der Waals surface area contributed by atoms with Crippen molar-refractivity contribution in [2.24, 2.45) is 0 Å². The van der Waals surface area contributed by atoms with Crippen molar-refractivity contribution in [3.05, 3.63) is 70.7 Å². The van der Waals surface area contributed by atoms with Crippen LogP contribution in [0.5, 0.6) is 0 Å². The number of aromatic nitrogens is 3. The zero-order valence-electron chi connectivity index (χ0n) is 16.4. The normalized spacial score (nSPS) is 12.3. The molecule has 0 N–H and O–H groups in total. The maximum Gasteiger partial charge on any atom is 0.435 e. The van der Waals surface area contributed by atoms with Gasteiger partial charge >= 0.3 is 6.18 Å². The van der Waals surface area contributed by atoms with E-state index >= 15 is 0 Å². The number of benzene rings is 2. The predicted molar refractivity (Wildman–Crippen MR) is 113 cm³/mol. The van der Waals surface area contributed by atoms with Crippen molar-refractivity contribution < 1.29 is 21.6 Å². The summed E-state index contributed by atoms with van der Waals surface area (Å²) < 4.78 is 64.8. The fraction of sp³-hybridized carbons (Fsp3) is 0.143. The molecule has 2 aromatic heterocycles. The van der Waals surface area contributed by atoms with E-state index < -0.39 is 21.7 Å². The molecule has 0 unspecified atom stereocenters. The summed E-state index contributed by atoms with van der Waals surface area (Å²) in [6.45, 7) is 1.87. The molecule has 0 aliphatic carbocycles. The molecule has 0 atom stereocenters. The van der Waals surface area contributed by atoms with Crippen molar-refractivity contribution in [2.75, 3.05) is 6.26 Å². The molecule has 0 saturated carbocycles. The summed E-state index contributed by atoms with van der Waals surface area (Å²) >= 11 is 1.46. The molecule has 4 rings (SSSR count). The maximum atomic E-state index is 13.4. The quantitative estimate of drug-likeness (QED) is 0.407. The van der Waals surface area contributed by atoms with Gasteiger partial charge in [-0.1, -0.05) is 12.1 Å². The average molecular weight is 464 g/mol. The lowest BCUT2D eigenvalue weighted by atomic mass is 10.0. The van der Waals surface area contributed by atoms with E-state index in [-0.39, 0.29) is 10.6 Å². The second-order valence-corrected chi connectivity index (χ2v) is 9.73. The summed E-state index contributed by atoms with van der Waals surface area (Å²) in [5.41, 5.74) is 4.35. The molecule has 31 heavy (non-hydrogen) atoms. The molecule has 4 aromatic rings. The molecule has 0 aliphatic rings. The van der Waals surface area contributed by atoms with E-state index in [2.05, 4.69) is 10.1 Å². The Hall–Kier alpha value is -2.98. The molecule has 0 bridgehead atoms. The lowest BCUT2D eigenvalue weighted by Crippen LogP contribution is -2.07. The molecule has 0 fully saturated rings. The molecular weight excluding hydrogens is 447 g/mol. The second kappa shape index (κ2) is 7.61. The van der Waals surface area contributed by atoms with E-state index in [0.717, 1.165) is 29.1 Å². The van der Waals surface area contributed by atoms with E-state index in [9.17, 15) is 21.6 Å². The third kappa shape index (κ3) is 4.26. The highest BCUT2D eigenvalue weighted by Gasteiger charge is 2.35. The number of hydrogen-bond acceptors (Lipinski definition) is 5. The van der Waals surface area contributed by atoms with Gasteiger partial charge in [0.15, 0.2) is 15.5 Å². The number of halogens is 3. The molecular formula is C21H16F3N3O2S2. The smallest absolute Gasteiger partial charge is 0.245 e. The third-order valence-electron chi connectivity index (χ3n) is 4.74. The summed E-state index contributed by atoms with van der Waals surface area (Å²) in [5, 5.41) is 5.65. The minimum absolute atomic E-state index is 0.0736. The third-order valence-corrected chi connectivity index (χ3v) is 6.45. The Bertz CT molecular complexity index is 1340. The van der Waals surface area contributed by atoms with Crippen LogP contribution in [0, 0.1) is 6.92 Å². The Kier molecular flexibility index (Phi) is 5.22. The van der Waals surface area contributed by atoms with Crippen molar-refractivity contribution in [3.8, 4) is 28.2 Å². The fourth-order valence-electron chi connectivity index (χ4n) is 3.21. The summed E-state index contributed by atoms with van der Waals surface area (Å²) in [7, 11) is -3.43. The first kappa shape index (κ1) is 21.3. The van der Waals surface area contributed by atoms with Gasteiger partial charge in [-0.05, 0) is 48.9 Å². The van der Waals surface area contributed by atoms with Crippen LogP contribution in [0.15, 0.2) is 64.3 Å². The molecule has 160 valence electrons. The van der Waals surface area contributed by atoms with Crippen molar-refractivity contribution in [2.45, 2.75) is 18.0 Å². The lowest BCUT2D eigenvalue weighted by molar-refractivity contribution is -0.141. The van der Waals surface area contributed by atoms with Crippen LogP contribution in [0.1, 0.15) is 11.3 Å². The zero-order valence-corrected chi connectivity index (χ0v) is 18.0.